The molecule has 4 aromatic rings. The second kappa shape index (κ2) is 8.40. The van der Waals surface area contributed by atoms with Gasteiger partial charge in [0, 0.05) is 18.9 Å². The van der Waals surface area contributed by atoms with E-state index in [0.29, 0.717) is 22.9 Å². The summed E-state index contributed by atoms with van der Waals surface area (Å²) in [6, 6.07) is 14.0. The second-order valence-electron chi connectivity index (χ2n) is 6.42. The van der Waals surface area contributed by atoms with Crippen molar-refractivity contribution in [3.05, 3.63) is 72.3 Å². The number of para-hydroxylation sites is 1. The van der Waals surface area contributed by atoms with Crippen molar-refractivity contribution in [3.8, 4) is 5.75 Å². The number of thiazole rings is 1. The van der Waals surface area contributed by atoms with E-state index in [9.17, 15) is 9.18 Å². The average molecular weight is 410 g/mol. The zero-order valence-electron chi connectivity index (χ0n) is 15.8. The third-order valence-electron chi connectivity index (χ3n) is 4.52. The normalized spacial score (nSPS) is 11.0. The number of carbonyl (C=O) groups is 1. The lowest BCUT2D eigenvalue weighted by Crippen LogP contribution is -2.35. The number of carbonyl (C=O) groups excluding carboxylic acids is 1. The van der Waals surface area contributed by atoms with Gasteiger partial charge in [-0.2, -0.15) is 5.10 Å². The lowest BCUT2D eigenvalue weighted by molar-refractivity contribution is -0.118. The van der Waals surface area contributed by atoms with Gasteiger partial charge < -0.3 is 4.74 Å². The van der Waals surface area contributed by atoms with Gasteiger partial charge in [-0.3, -0.25) is 14.4 Å². The fourth-order valence-electron chi connectivity index (χ4n) is 2.99. The summed E-state index contributed by atoms with van der Waals surface area (Å²) in [5.41, 5.74) is 1.15. The van der Waals surface area contributed by atoms with Gasteiger partial charge in [0.2, 0.25) is 5.91 Å². The molecule has 0 saturated carbocycles. The van der Waals surface area contributed by atoms with Crippen LogP contribution in [0.15, 0.2) is 60.9 Å². The van der Waals surface area contributed by atoms with Gasteiger partial charge in [-0.1, -0.05) is 29.5 Å². The van der Waals surface area contributed by atoms with Crippen molar-refractivity contribution in [2.45, 2.75) is 13.0 Å². The number of ether oxygens (including phenoxy) is 1. The van der Waals surface area contributed by atoms with E-state index in [0.717, 1.165) is 11.3 Å². The number of nitrogens with zero attached hydrogens (tertiary/aromatic N) is 4. The Morgan fingerprint density at radius 2 is 2.03 bits per heavy atom. The molecule has 0 spiro atoms. The van der Waals surface area contributed by atoms with E-state index < -0.39 is 0 Å². The number of anilines is 1. The molecule has 0 unspecified atom stereocenters. The Labute approximate surface area is 171 Å². The fraction of sp³-hybridized carbons (Fsp3) is 0.190. The smallest absolute Gasteiger partial charge is 0.233 e. The van der Waals surface area contributed by atoms with Crippen molar-refractivity contribution < 1.29 is 13.9 Å². The first-order valence-corrected chi connectivity index (χ1v) is 9.91. The molecule has 0 N–H and O–H groups in total. The fourth-order valence-corrected chi connectivity index (χ4v) is 4.02. The highest BCUT2D eigenvalue weighted by Crippen LogP contribution is 2.30. The number of fused-ring (bicyclic) bond motifs is 1. The molecule has 0 radical (unpaired) electrons. The Bertz CT molecular complexity index is 1110. The number of hydrogen-bond acceptors (Lipinski definition) is 5. The Hall–Kier alpha value is -3.26. The third-order valence-corrected chi connectivity index (χ3v) is 5.56. The predicted octanol–water partition coefficient (Wildman–Crippen LogP) is 3.92. The molecule has 0 aliphatic heterocycles. The minimum atomic E-state index is -0.389. The van der Waals surface area contributed by atoms with Crippen LogP contribution >= 0.6 is 11.3 Å². The van der Waals surface area contributed by atoms with Crippen LogP contribution in [0.5, 0.6) is 5.75 Å². The van der Waals surface area contributed by atoms with E-state index in [4.69, 9.17) is 4.74 Å². The molecular weight excluding hydrogens is 391 g/mol. The summed E-state index contributed by atoms with van der Waals surface area (Å²) >= 11 is 1.31. The number of hydrogen-bond donors (Lipinski definition) is 0. The lowest BCUT2D eigenvalue weighted by Gasteiger charge is -2.20. The van der Waals surface area contributed by atoms with Crippen molar-refractivity contribution in [2.75, 3.05) is 18.6 Å². The van der Waals surface area contributed by atoms with Gasteiger partial charge in [0.05, 0.1) is 24.8 Å². The van der Waals surface area contributed by atoms with E-state index >= 15 is 0 Å². The highest BCUT2D eigenvalue weighted by molar-refractivity contribution is 7.22. The van der Waals surface area contributed by atoms with Gasteiger partial charge in [0.25, 0.3) is 0 Å². The van der Waals surface area contributed by atoms with Crippen LogP contribution in [0.25, 0.3) is 10.2 Å². The summed E-state index contributed by atoms with van der Waals surface area (Å²) in [6.07, 6.45) is 3.74. The molecule has 0 atom stereocenters. The standard InChI is InChI=1S/C21H19FN4O2S/c1-28-16-8-6-15(7-9-16)14-19(27)26(13-12-25-11-3-10-23-25)21-24-20-17(22)4-2-5-18(20)29-21/h2-11H,12-14H2,1H3. The van der Waals surface area contributed by atoms with Gasteiger partial charge in [0.15, 0.2) is 5.13 Å². The molecule has 0 aliphatic rings. The maximum atomic E-state index is 14.1. The van der Waals surface area contributed by atoms with Gasteiger partial charge in [-0.05, 0) is 35.9 Å². The van der Waals surface area contributed by atoms with E-state index in [1.54, 1.807) is 35.0 Å². The molecule has 1 amide bonds. The minimum Gasteiger partial charge on any atom is -0.497 e. The van der Waals surface area contributed by atoms with Crippen LogP contribution in [0.4, 0.5) is 9.52 Å². The van der Waals surface area contributed by atoms with E-state index in [2.05, 4.69) is 10.1 Å². The summed E-state index contributed by atoms with van der Waals surface area (Å²) in [4.78, 5) is 19.1. The zero-order chi connectivity index (χ0) is 20.2. The molecule has 0 saturated heterocycles. The predicted molar refractivity (Wildman–Crippen MR) is 111 cm³/mol. The monoisotopic (exact) mass is 410 g/mol. The van der Waals surface area contributed by atoms with Crippen molar-refractivity contribution in [1.29, 1.82) is 0 Å². The Balaban J connectivity index is 1.60. The van der Waals surface area contributed by atoms with Gasteiger partial charge in [-0.15, -0.1) is 0 Å². The molecule has 4 rings (SSSR count). The summed E-state index contributed by atoms with van der Waals surface area (Å²) in [6.45, 7) is 0.901. The first-order valence-electron chi connectivity index (χ1n) is 9.10. The largest absolute Gasteiger partial charge is 0.497 e. The molecular formula is C21H19FN4O2S. The van der Waals surface area contributed by atoms with Gasteiger partial charge in [0.1, 0.15) is 17.1 Å². The van der Waals surface area contributed by atoms with Gasteiger partial charge >= 0.3 is 0 Å². The van der Waals surface area contributed by atoms with E-state index in [1.807, 2.05) is 36.5 Å². The van der Waals surface area contributed by atoms with Crippen molar-refractivity contribution in [1.82, 2.24) is 14.8 Å². The molecule has 2 heterocycles. The average Bonchev–Trinajstić information content (AvgIpc) is 3.39. The quantitative estimate of drug-likeness (QED) is 0.463. The molecule has 148 valence electrons. The Kier molecular flexibility index (Phi) is 5.53. The molecule has 2 aromatic carbocycles. The molecule has 0 fully saturated rings. The molecule has 2 aromatic heterocycles. The number of rotatable bonds is 7. The van der Waals surface area contributed by atoms with Crippen LogP contribution < -0.4 is 9.64 Å². The van der Waals surface area contributed by atoms with Crippen LogP contribution in [0, 0.1) is 5.82 Å². The minimum absolute atomic E-state index is 0.109. The lowest BCUT2D eigenvalue weighted by atomic mass is 10.1. The van der Waals surface area contributed by atoms with Crippen LogP contribution in [0.1, 0.15) is 5.56 Å². The summed E-state index contributed by atoms with van der Waals surface area (Å²) in [5, 5.41) is 4.67. The molecule has 8 heteroatoms. The van der Waals surface area contributed by atoms with E-state index in [1.165, 1.54) is 17.4 Å². The molecule has 0 bridgehead atoms. The number of amides is 1. The maximum Gasteiger partial charge on any atom is 0.233 e. The number of aromatic nitrogens is 3. The number of benzene rings is 2. The summed E-state index contributed by atoms with van der Waals surface area (Å²) < 4.78 is 21.7. The van der Waals surface area contributed by atoms with Gasteiger partial charge in [-0.25, -0.2) is 9.37 Å². The first-order chi connectivity index (χ1) is 14.1. The van der Waals surface area contributed by atoms with Crippen LogP contribution in [-0.2, 0) is 17.8 Å². The van der Waals surface area contributed by atoms with Crippen LogP contribution in [0.2, 0.25) is 0 Å². The number of halogens is 1. The number of methoxy groups -OCH3 is 1. The first kappa shape index (κ1) is 19.1. The molecule has 0 aliphatic carbocycles. The van der Waals surface area contributed by atoms with Crippen LogP contribution in [0.3, 0.4) is 0 Å². The van der Waals surface area contributed by atoms with E-state index in [-0.39, 0.29) is 23.7 Å². The zero-order valence-corrected chi connectivity index (χ0v) is 16.6. The second-order valence-corrected chi connectivity index (χ2v) is 7.43. The van der Waals surface area contributed by atoms with Crippen molar-refractivity contribution in [3.63, 3.8) is 0 Å². The highest BCUT2D eigenvalue weighted by Gasteiger charge is 2.21. The molecule has 6 nitrogen and oxygen atoms in total. The third kappa shape index (κ3) is 4.27. The summed E-state index contributed by atoms with van der Waals surface area (Å²) in [7, 11) is 1.60. The Morgan fingerprint density at radius 1 is 1.21 bits per heavy atom. The van der Waals surface area contributed by atoms with Crippen molar-refractivity contribution >= 4 is 32.6 Å². The topological polar surface area (TPSA) is 60.2 Å². The summed E-state index contributed by atoms with van der Waals surface area (Å²) in [5.74, 6) is 0.236. The Morgan fingerprint density at radius 3 is 2.72 bits per heavy atom. The molecule has 29 heavy (non-hydrogen) atoms. The maximum absolute atomic E-state index is 14.1. The highest BCUT2D eigenvalue weighted by atomic mass is 32.1. The SMILES string of the molecule is COc1ccc(CC(=O)N(CCn2cccn2)c2nc3c(F)cccc3s2)cc1. The van der Waals surface area contributed by atoms with Crippen molar-refractivity contribution in [2.24, 2.45) is 0 Å². The van der Waals surface area contributed by atoms with Crippen LogP contribution in [-0.4, -0.2) is 34.3 Å².